The minimum absolute atomic E-state index is 0.545. The largest absolute Gasteiger partial charge is 0.375 e. The molecule has 2 saturated carbocycles. The Morgan fingerprint density at radius 1 is 0.857 bits per heavy atom. The summed E-state index contributed by atoms with van der Waals surface area (Å²) in [5.74, 6) is 0. The zero-order chi connectivity index (χ0) is 9.80. The fourth-order valence-corrected chi connectivity index (χ4v) is 2.61. The van der Waals surface area contributed by atoms with Crippen molar-refractivity contribution < 1.29 is 4.74 Å². The summed E-state index contributed by atoms with van der Waals surface area (Å²) in [6.07, 6.45) is 12.7. The van der Waals surface area contributed by atoms with Crippen LogP contribution in [0.5, 0.6) is 0 Å². The molecular weight excluding hydrogens is 172 g/mol. The lowest BCUT2D eigenvalue weighted by Crippen LogP contribution is -2.26. The summed E-state index contributed by atoms with van der Waals surface area (Å²) in [6.45, 7) is 4.04. The molecular formula is C13H22O. The van der Waals surface area contributed by atoms with E-state index >= 15 is 0 Å². The molecule has 0 unspecified atom stereocenters. The van der Waals surface area contributed by atoms with Crippen LogP contribution >= 0.6 is 0 Å². The van der Waals surface area contributed by atoms with Gasteiger partial charge in [0.15, 0.2) is 0 Å². The van der Waals surface area contributed by atoms with E-state index in [0.717, 1.165) is 0 Å². The second-order valence-electron chi connectivity index (χ2n) is 4.85. The fourth-order valence-electron chi connectivity index (χ4n) is 2.61. The average Bonchev–Trinajstić information content (AvgIpc) is 2.23. The summed E-state index contributed by atoms with van der Waals surface area (Å²) in [5.41, 5.74) is 1.42. The van der Waals surface area contributed by atoms with E-state index in [1.54, 1.807) is 0 Å². The first-order chi connectivity index (χ1) is 6.84. The van der Waals surface area contributed by atoms with Gasteiger partial charge in [0.25, 0.3) is 0 Å². The Kier molecular flexibility index (Phi) is 3.63. The lowest BCUT2D eigenvalue weighted by atomic mass is 9.92. The first-order valence-electron chi connectivity index (χ1n) is 6.17. The van der Waals surface area contributed by atoms with Crippen LogP contribution in [0.25, 0.3) is 0 Å². The zero-order valence-electron chi connectivity index (χ0n) is 9.13. The molecule has 0 bridgehead atoms. The molecule has 0 atom stereocenters. The number of hydrogen-bond acceptors (Lipinski definition) is 1. The molecule has 0 aromatic rings. The van der Waals surface area contributed by atoms with E-state index in [4.69, 9.17) is 4.74 Å². The van der Waals surface area contributed by atoms with Crippen molar-refractivity contribution in [3.05, 3.63) is 12.2 Å². The van der Waals surface area contributed by atoms with Crippen LogP contribution in [0.1, 0.15) is 57.8 Å². The van der Waals surface area contributed by atoms with Crippen LogP contribution in [0.15, 0.2) is 12.2 Å². The SMILES string of the molecule is C=C1CCC(OC2CCCCC2)CC1. The third-order valence-corrected chi connectivity index (χ3v) is 3.58. The molecule has 2 aliphatic carbocycles. The van der Waals surface area contributed by atoms with Crippen molar-refractivity contribution in [3.63, 3.8) is 0 Å². The minimum atomic E-state index is 0.545. The van der Waals surface area contributed by atoms with Crippen molar-refractivity contribution in [2.75, 3.05) is 0 Å². The predicted molar refractivity (Wildman–Crippen MR) is 59.4 cm³/mol. The Balaban J connectivity index is 1.71. The standard InChI is InChI=1S/C13H22O/c1-11-7-9-13(10-8-11)14-12-5-3-2-4-6-12/h12-13H,1-10H2. The number of allylic oxidation sites excluding steroid dienone is 1. The summed E-state index contributed by atoms with van der Waals surface area (Å²) < 4.78 is 6.14. The molecule has 80 valence electrons. The molecule has 0 radical (unpaired) electrons. The monoisotopic (exact) mass is 194 g/mol. The summed E-state index contributed by atoms with van der Waals surface area (Å²) >= 11 is 0. The van der Waals surface area contributed by atoms with Crippen molar-refractivity contribution in [1.29, 1.82) is 0 Å². The second-order valence-corrected chi connectivity index (χ2v) is 4.85. The van der Waals surface area contributed by atoms with Crippen LogP contribution in [0.2, 0.25) is 0 Å². The van der Waals surface area contributed by atoms with E-state index in [1.165, 1.54) is 63.4 Å². The third-order valence-electron chi connectivity index (χ3n) is 3.58. The van der Waals surface area contributed by atoms with E-state index in [2.05, 4.69) is 6.58 Å². The molecule has 2 aliphatic rings. The van der Waals surface area contributed by atoms with E-state index in [1.807, 2.05) is 0 Å². The van der Waals surface area contributed by atoms with Crippen molar-refractivity contribution in [1.82, 2.24) is 0 Å². The minimum Gasteiger partial charge on any atom is -0.375 e. The molecule has 0 N–H and O–H groups in total. The molecule has 0 heterocycles. The van der Waals surface area contributed by atoms with Crippen LogP contribution in [0.4, 0.5) is 0 Å². The normalized spacial score (nSPS) is 26.7. The fraction of sp³-hybridized carbons (Fsp3) is 0.846. The van der Waals surface area contributed by atoms with Gasteiger partial charge in [-0.1, -0.05) is 31.4 Å². The van der Waals surface area contributed by atoms with Gasteiger partial charge in [0.05, 0.1) is 12.2 Å². The van der Waals surface area contributed by atoms with Crippen molar-refractivity contribution >= 4 is 0 Å². The summed E-state index contributed by atoms with van der Waals surface area (Å²) in [4.78, 5) is 0. The third kappa shape index (κ3) is 2.84. The maximum atomic E-state index is 6.14. The highest BCUT2D eigenvalue weighted by molar-refractivity contribution is 4.98. The molecule has 0 amide bonds. The Morgan fingerprint density at radius 2 is 1.43 bits per heavy atom. The van der Waals surface area contributed by atoms with Crippen LogP contribution in [0, 0.1) is 0 Å². The quantitative estimate of drug-likeness (QED) is 0.607. The van der Waals surface area contributed by atoms with Crippen LogP contribution < -0.4 is 0 Å². The Labute approximate surface area is 87.5 Å². The highest BCUT2D eigenvalue weighted by Crippen LogP contribution is 2.28. The molecule has 1 nitrogen and oxygen atoms in total. The van der Waals surface area contributed by atoms with Gasteiger partial charge in [-0.15, -0.1) is 0 Å². The van der Waals surface area contributed by atoms with E-state index in [0.29, 0.717) is 12.2 Å². The topological polar surface area (TPSA) is 9.23 Å². The van der Waals surface area contributed by atoms with Gasteiger partial charge in [-0.3, -0.25) is 0 Å². The van der Waals surface area contributed by atoms with E-state index in [-0.39, 0.29) is 0 Å². The maximum Gasteiger partial charge on any atom is 0.0585 e. The van der Waals surface area contributed by atoms with Gasteiger partial charge in [-0.05, 0) is 38.5 Å². The Hall–Kier alpha value is -0.300. The number of hydrogen-bond donors (Lipinski definition) is 0. The second kappa shape index (κ2) is 4.97. The van der Waals surface area contributed by atoms with Gasteiger partial charge in [0.2, 0.25) is 0 Å². The van der Waals surface area contributed by atoms with Crippen LogP contribution in [0.3, 0.4) is 0 Å². The van der Waals surface area contributed by atoms with Crippen molar-refractivity contribution in [2.45, 2.75) is 70.0 Å². The molecule has 0 aromatic carbocycles. The van der Waals surface area contributed by atoms with Crippen LogP contribution in [-0.2, 0) is 4.74 Å². The van der Waals surface area contributed by atoms with Crippen molar-refractivity contribution in [3.8, 4) is 0 Å². The highest BCUT2D eigenvalue weighted by atomic mass is 16.5. The Bertz CT molecular complexity index is 181. The van der Waals surface area contributed by atoms with Gasteiger partial charge in [0.1, 0.15) is 0 Å². The van der Waals surface area contributed by atoms with Crippen molar-refractivity contribution in [2.24, 2.45) is 0 Å². The molecule has 0 aromatic heterocycles. The smallest absolute Gasteiger partial charge is 0.0585 e. The van der Waals surface area contributed by atoms with Gasteiger partial charge < -0.3 is 4.74 Å². The van der Waals surface area contributed by atoms with Gasteiger partial charge in [0, 0.05) is 0 Å². The average molecular weight is 194 g/mol. The lowest BCUT2D eigenvalue weighted by molar-refractivity contribution is -0.0406. The summed E-state index contributed by atoms with van der Waals surface area (Å²) in [7, 11) is 0. The van der Waals surface area contributed by atoms with E-state index in [9.17, 15) is 0 Å². The number of ether oxygens (including phenoxy) is 1. The zero-order valence-corrected chi connectivity index (χ0v) is 9.13. The summed E-state index contributed by atoms with van der Waals surface area (Å²) in [5, 5.41) is 0. The van der Waals surface area contributed by atoms with Gasteiger partial charge >= 0.3 is 0 Å². The highest BCUT2D eigenvalue weighted by Gasteiger charge is 2.21. The first kappa shape index (κ1) is 10.2. The Morgan fingerprint density at radius 3 is 2.07 bits per heavy atom. The van der Waals surface area contributed by atoms with E-state index < -0.39 is 0 Å². The molecule has 14 heavy (non-hydrogen) atoms. The molecule has 1 heteroatoms. The molecule has 2 rings (SSSR count). The van der Waals surface area contributed by atoms with Crippen LogP contribution in [-0.4, -0.2) is 12.2 Å². The number of rotatable bonds is 2. The first-order valence-corrected chi connectivity index (χ1v) is 6.17. The lowest BCUT2D eigenvalue weighted by Gasteiger charge is -2.30. The molecule has 0 aliphatic heterocycles. The molecule has 0 spiro atoms. The van der Waals surface area contributed by atoms with Gasteiger partial charge in [-0.2, -0.15) is 0 Å². The van der Waals surface area contributed by atoms with Gasteiger partial charge in [-0.25, -0.2) is 0 Å². The molecule has 2 fully saturated rings. The predicted octanol–water partition coefficient (Wildman–Crippen LogP) is 3.83. The molecule has 0 saturated heterocycles. The summed E-state index contributed by atoms with van der Waals surface area (Å²) in [6, 6.07) is 0. The maximum absolute atomic E-state index is 6.14.